The standard InChI is InChI=1S/C17H16N6.H3O4P/c18-7-5-15(12-3-1-2-4-12)23-10-13(9-22-23)16-14-6-8-19-17(14)21-11-20-16;1-5(2,3)4/h5-6,8-12H,1-4H2,(H,19,20,21);(H3,1,2,3,4). The zero-order valence-electron chi connectivity index (χ0n) is 14.8. The molecule has 11 heteroatoms. The highest BCUT2D eigenvalue weighted by Crippen LogP contribution is 2.34. The van der Waals surface area contributed by atoms with Crippen molar-refractivity contribution in [2.45, 2.75) is 25.7 Å². The van der Waals surface area contributed by atoms with Gasteiger partial charge in [0, 0.05) is 35.3 Å². The smallest absolute Gasteiger partial charge is 0.346 e. The molecule has 1 aliphatic rings. The third kappa shape index (κ3) is 4.91. The average Bonchev–Trinajstić information content (AvgIpc) is 3.39. The van der Waals surface area contributed by atoms with Gasteiger partial charge in [-0.15, -0.1) is 0 Å². The Morgan fingerprint density at radius 3 is 2.71 bits per heavy atom. The highest BCUT2D eigenvalue weighted by molar-refractivity contribution is 7.45. The molecule has 146 valence electrons. The van der Waals surface area contributed by atoms with Crippen molar-refractivity contribution in [3.63, 3.8) is 0 Å². The molecule has 3 aromatic rings. The number of fused-ring (bicyclic) bond motifs is 1. The van der Waals surface area contributed by atoms with Crippen LogP contribution in [-0.4, -0.2) is 39.4 Å². The number of nitriles is 1. The topological polar surface area (TPSA) is 161 Å². The lowest BCUT2D eigenvalue weighted by molar-refractivity contribution is 0.275. The normalized spacial score (nSPS) is 15.3. The highest BCUT2D eigenvalue weighted by Gasteiger charge is 2.22. The molecule has 1 fully saturated rings. The van der Waals surface area contributed by atoms with Crippen LogP contribution in [0.25, 0.3) is 28.0 Å². The van der Waals surface area contributed by atoms with Gasteiger partial charge in [-0.2, -0.15) is 10.4 Å². The van der Waals surface area contributed by atoms with E-state index in [9.17, 15) is 0 Å². The van der Waals surface area contributed by atoms with Gasteiger partial charge in [-0.25, -0.2) is 19.2 Å². The van der Waals surface area contributed by atoms with Gasteiger partial charge in [-0.05, 0) is 18.9 Å². The quantitative estimate of drug-likeness (QED) is 0.384. The number of H-pyrrole nitrogens is 1. The predicted octanol–water partition coefficient (Wildman–Crippen LogP) is 2.45. The van der Waals surface area contributed by atoms with Crippen LogP contribution in [0.5, 0.6) is 0 Å². The van der Waals surface area contributed by atoms with E-state index in [1.54, 1.807) is 18.6 Å². The van der Waals surface area contributed by atoms with Crippen molar-refractivity contribution in [1.29, 1.82) is 5.26 Å². The van der Waals surface area contributed by atoms with E-state index in [-0.39, 0.29) is 0 Å². The molecule has 4 rings (SSSR count). The van der Waals surface area contributed by atoms with Gasteiger partial charge in [0.05, 0.1) is 23.7 Å². The van der Waals surface area contributed by atoms with Crippen molar-refractivity contribution in [2.75, 3.05) is 0 Å². The number of hydrogen-bond donors (Lipinski definition) is 4. The first-order chi connectivity index (χ1) is 13.4. The number of hydrogen-bond acceptors (Lipinski definition) is 5. The van der Waals surface area contributed by atoms with Crippen molar-refractivity contribution in [1.82, 2.24) is 24.7 Å². The predicted molar refractivity (Wildman–Crippen MR) is 101 cm³/mol. The van der Waals surface area contributed by atoms with Crippen LogP contribution in [0.4, 0.5) is 0 Å². The third-order valence-electron chi connectivity index (χ3n) is 4.46. The first-order valence-electron chi connectivity index (χ1n) is 8.58. The molecular weight excluding hydrogens is 383 g/mol. The molecule has 3 heterocycles. The van der Waals surface area contributed by atoms with E-state index in [2.05, 4.69) is 26.1 Å². The van der Waals surface area contributed by atoms with Crippen LogP contribution in [-0.2, 0) is 4.57 Å². The number of aromatic amines is 1. The highest BCUT2D eigenvalue weighted by atomic mass is 31.2. The maximum absolute atomic E-state index is 9.10. The van der Waals surface area contributed by atoms with Gasteiger partial charge < -0.3 is 19.7 Å². The van der Waals surface area contributed by atoms with Gasteiger partial charge in [0.1, 0.15) is 12.0 Å². The van der Waals surface area contributed by atoms with Crippen LogP contribution in [0.15, 0.2) is 37.1 Å². The molecule has 0 unspecified atom stereocenters. The number of rotatable bonds is 3. The molecule has 1 saturated carbocycles. The summed E-state index contributed by atoms with van der Waals surface area (Å²) in [5.41, 5.74) is 3.58. The number of nitrogens with one attached hydrogen (secondary N) is 1. The molecule has 0 spiro atoms. The minimum atomic E-state index is -4.64. The first kappa shape index (κ1) is 19.9. The summed E-state index contributed by atoms with van der Waals surface area (Å²) in [4.78, 5) is 33.3. The van der Waals surface area contributed by atoms with Gasteiger partial charge in [0.15, 0.2) is 0 Å². The minimum Gasteiger partial charge on any atom is -0.346 e. The second kappa shape index (κ2) is 8.46. The fourth-order valence-electron chi connectivity index (χ4n) is 3.35. The number of nitrogens with zero attached hydrogens (tertiary/aromatic N) is 5. The van der Waals surface area contributed by atoms with E-state index in [4.69, 9.17) is 24.5 Å². The first-order valence-corrected chi connectivity index (χ1v) is 10.1. The molecule has 3 aromatic heterocycles. The summed E-state index contributed by atoms with van der Waals surface area (Å²) in [5, 5.41) is 14.5. The number of aromatic nitrogens is 5. The maximum atomic E-state index is 9.10. The van der Waals surface area contributed by atoms with E-state index in [0.717, 1.165) is 40.8 Å². The van der Waals surface area contributed by atoms with Crippen molar-refractivity contribution in [3.05, 3.63) is 37.1 Å². The Balaban J connectivity index is 0.000000403. The molecule has 0 atom stereocenters. The molecule has 0 aliphatic heterocycles. The Morgan fingerprint density at radius 2 is 2.04 bits per heavy atom. The van der Waals surface area contributed by atoms with Crippen LogP contribution in [0.1, 0.15) is 25.7 Å². The van der Waals surface area contributed by atoms with Crippen LogP contribution < -0.4 is 0 Å². The zero-order chi connectivity index (χ0) is 20.1. The summed E-state index contributed by atoms with van der Waals surface area (Å²) in [5.74, 6) is 0.417. The summed E-state index contributed by atoms with van der Waals surface area (Å²) in [6.45, 7) is 0. The Bertz CT molecular complexity index is 1060. The van der Waals surface area contributed by atoms with Gasteiger partial charge in [0.2, 0.25) is 0 Å². The monoisotopic (exact) mass is 402 g/mol. The molecule has 0 saturated heterocycles. The van der Waals surface area contributed by atoms with E-state index in [1.165, 1.54) is 12.8 Å². The third-order valence-corrected chi connectivity index (χ3v) is 4.46. The Kier molecular flexibility index (Phi) is 6.02. The molecule has 1 aliphatic carbocycles. The molecule has 0 radical (unpaired) electrons. The lowest BCUT2D eigenvalue weighted by Gasteiger charge is -2.13. The second-order valence-corrected chi connectivity index (χ2v) is 7.36. The average molecular weight is 402 g/mol. The van der Waals surface area contributed by atoms with Crippen molar-refractivity contribution >= 4 is 24.6 Å². The zero-order valence-corrected chi connectivity index (χ0v) is 15.7. The molecule has 4 N–H and O–H groups in total. The summed E-state index contributed by atoms with van der Waals surface area (Å²) < 4.78 is 10.7. The van der Waals surface area contributed by atoms with E-state index in [0.29, 0.717) is 5.92 Å². The van der Waals surface area contributed by atoms with Crippen molar-refractivity contribution in [2.24, 2.45) is 5.92 Å². The Labute approximate surface area is 160 Å². The van der Waals surface area contributed by atoms with Crippen LogP contribution in [0, 0.1) is 17.2 Å². The van der Waals surface area contributed by atoms with Crippen LogP contribution in [0.2, 0.25) is 0 Å². The molecule has 0 aromatic carbocycles. The Morgan fingerprint density at radius 1 is 1.32 bits per heavy atom. The summed E-state index contributed by atoms with van der Waals surface area (Å²) in [7, 11) is -4.64. The fourth-order valence-corrected chi connectivity index (χ4v) is 3.35. The largest absolute Gasteiger partial charge is 0.466 e. The van der Waals surface area contributed by atoms with Gasteiger partial charge in [-0.1, -0.05) is 12.8 Å². The van der Waals surface area contributed by atoms with Gasteiger partial charge in [-0.3, -0.25) is 0 Å². The molecule has 28 heavy (non-hydrogen) atoms. The fraction of sp³-hybridized carbons (Fsp3) is 0.294. The number of phosphoric acid groups is 1. The molecule has 0 bridgehead atoms. The van der Waals surface area contributed by atoms with E-state index in [1.807, 2.05) is 23.1 Å². The minimum absolute atomic E-state index is 0.417. The van der Waals surface area contributed by atoms with Crippen molar-refractivity contribution < 1.29 is 19.2 Å². The van der Waals surface area contributed by atoms with Crippen molar-refractivity contribution in [3.8, 4) is 17.3 Å². The molecular formula is C17H19N6O4P. The Hall–Kier alpha value is -2.83. The van der Waals surface area contributed by atoms with Gasteiger partial charge >= 0.3 is 7.82 Å². The lowest BCUT2D eigenvalue weighted by atomic mass is 10.0. The SMILES string of the molecule is N#CC=C(C1CCCC1)n1cc(-c2ncnc3[nH]ccc23)cn1.O=P(O)(O)O. The van der Waals surface area contributed by atoms with Crippen LogP contribution >= 0.6 is 7.82 Å². The summed E-state index contributed by atoms with van der Waals surface area (Å²) >= 11 is 0. The van der Waals surface area contributed by atoms with E-state index < -0.39 is 7.82 Å². The lowest BCUT2D eigenvalue weighted by Crippen LogP contribution is -2.06. The second-order valence-electron chi connectivity index (χ2n) is 6.33. The summed E-state index contributed by atoms with van der Waals surface area (Å²) in [6.07, 6.45) is 13.5. The van der Waals surface area contributed by atoms with Gasteiger partial charge in [0.25, 0.3) is 0 Å². The molecule has 10 nitrogen and oxygen atoms in total. The van der Waals surface area contributed by atoms with Crippen LogP contribution in [0.3, 0.4) is 0 Å². The maximum Gasteiger partial charge on any atom is 0.466 e. The molecule has 0 amide bonds. The van der Waals surface area contributed by atoms with E-state index >= 15 is 0 Å². The summed E-state index contributed by atoms with van der Waals surface area (Å²) in [6, 6.07) is 4.13. The number of allylic oxidation sites excluding steroid dienone is 2.